The molecule has 2 aromatic carbocycles. The van der Waals surface area contributed by atoms with Crippen LogP contribution in [0.25, 0.3) is 21.9 Å². The quantitative estimate of drug-likeness (QED) is 0.332. The molecule has 176 valence electrons. The van der Waals surface area contributed by atoms with Crippen LogP contribution in [0.1, 0.15) is 34.1 Å². The van der Waals surface area contributed by atoms with Gasteiger partial charge in [0.15, 0.2) is 0 Å². The molecule has 0 saturated heterocycles. The van der Waals surface area contributed by atoms with Crippen LogP contribution in [0.3, 0.4) is 0 Å². The van der Waals surface area contributed by atoms with E-state index in [2.05, 4.69) is 9.97 Å². The predicted molar refractivity (Wildman–Crippen MR) is 134 cm³/mol. The maximum atomic E-state index is 13.1. The molecule has 0 spiro atoms. The molecule has 0 aliphatic rings. The summed E-state index contributed by atoms with van der Waals surface area (Å²) in [5, 5.41) is 12.8. The summed E-state index contributed by atoms with van der Waals surface area (Å²) in [4.78, 5) is 22.5. The van der Waals surface area contributed by atoms with Gasteiger partial charge in [0, 0.05) is 39.8 Å². The van der Waals surface area contributed by atoms with Crippen molar-refractivity contribution in [3.8, 4) is 5.75 Å². The maximum absolute atomic E-state index is 13.1. The number of esters is 1. The van der Waals surface area contributed by atoms with Crippen molar-refractivity contribution < 1.29 is 14.6 Å². The second kappa shape index (κ2) is 9.81. The average molecular weight is 512 g/mol. The first kappa shape index (κ1) is 25.2. The maximum Gasteiger partial charge on any atom is 0.340 e. The molecular weight excluding hydrogens is 487 g/mol. The monoisotopic (exact) mass is 510 g/mol. The van der Waals surface area contributed by atoms with E-state index in [4.69, 9.17) is 27.9 Å². The molecule has 2 N–H and O–H groups in total. The number of carbonyl (C=O) groups excluding carboxylic acids is 1. The summed E-state index contributed by atoms with van der Waals surface area (Å²) in [5.41, 5.74) is 4.44. The molecule has 0 saturated carbocycles. The van der Waals surface area contributed by atoms with Gasteiger partial charge in [-0.25, -0.2) is 9.78 Å². The number of aromatic nitrogens is 3. The fourth-order valence-corrected chi connectivity index (χ4v) is 4.61. The molecule has 0 amide bonds. The molecule has 2 heterocycles. The minimum atomic E-state index is -0.440. The summed E-state index contributed by atoms with van der Waals surface area (Å²) in [6.45, 7) is 4.70. The lowest BCUT2D eigenvalue weighted by Gasteiger charge is -2.15. The SMILES string of the molecule is CCOC(=O)c1c(C)n(Cc2ccc(Cl)cc2Cl)c2c1c(CN(C)C)c(O)c1[nH]cnc12.Cl. The summed E-state index contributed by atoms with van der Waals surface area (Å²) in [6.07, 6.45) is 1.54. The molecule has 4 aromatic rings. The number of aromatic hydroxyl groups is 1. The van der Waals surface area contributed by atoms with E-state index in [-0.39, 0.29) is 24.8 Å². The number of halogens is 3. The molecule has 2 aromatic heterocycles. The summed E-state index contributed by atoms with van der Waals surface area (Å²) in [6, 6.07) is 5.34. The molecule has 0 fully saturated rings. The van der Waals surface area contributed by atoms with E-state index in [0.717, 1.165) is 11.1 Å². The van der Waals surface area contributed by atoms with Gasteiger partial charge >= 0.3 is 5.97 Å². The Balaban J connectivity index is 0.00000306. The zero-order valence-corrected chi connectivity index (χ0v) is 21.0. The van der Waals surface area contributed by atoms with Gasteiger partial charge in [0.2, 0.25) is 0 Å². The normalized spacial score (nSPS) is 11.4. The highest BCUT2D eigenvalue weighted by molar-refractivity contribution is 6.35. The van der Waals surface area contributed by atoms with Gasteiger partial charge < -0.3 is 24.3 Å². The Labute approximate surface area is 207 Å². The molecular formula is C23H25Cl3N4O3. The number of H-pyrrole nitrogens is 1. The molecule has 0 aliphatic heterocycles. The van der Waals surface area contributed by atoms with E-state index < -0.39 is 5.97 Å². The minimum absolute atomic E-state index is 0. The second-order valence-corrected chi connectivity index (χ2v) is 8.76. The van der Waals surface area contributed by atoms with E-state index >= 15 is 0 Å². The average Bonchev–Trinajstić information content (AvgIpc) is 3.30. The lowest BCUT2D eigenvalue weighted by atomic mass is 10.0. The second-order valence-electron chi connectivity index (χ2n) is 7.92. The van der Waals surface area contributed by atoms with Crippen LogP contribution in [0, 0.1) is 6.92 Å². The van der Waals surface area contributed by atoms with Crippen molar-refractivity contribution in [2.24, 2.45) is 0 Å². The number of carbonyl (C=O) groups is 1. The van der Waals surface area contributed by atoms with Crippen molar-refractivity contribution in [2.75, 3.05) is 20.7 Å². The van der Waals surface area contributed by atoms with Gasteiger partial charge in [0.05, 0.1) is 24.0 Å². The van der Waals surface area contributed by atoms with Crippen LogP contribution in [0.5, 0.6) is 5.75 Å². The van der Waals surface area contributed by atoms with Gasteiger partial charge in [0.1, 0.15) is 16.8 Å². The van der Waals surface area contributed by atoms with Crippen molar-refractivity contribution in [3.05, 3.63) is 57.0 Å². The number of hydrogen-bond donors (Lipinski definition) is 2. The highest BCUT2D eigenvalue weighted by Crippen LogP contribution is 2.41. The number of phenolic OH excluding ortho intramolecular Hbond substituents is 1. The number of benzene rings is 2. The van der Waals surface area contributed by atoms with Gasteiger partial charge in [-0.15, -0.1) is 12.4 Å². The molecule has 0 radical (unpaired) electrons. The molecule has 0 bridgehead atoms. The summed E-state index contributed by atoms with van der Waals surface area (Å²) >= 11 is 12.5. The van der Waals surface area contributed by atoms with Crippen molar-refractivity contribution in [3.63, 3.8) is 0 Å². The van der Waals surface area contributed by atoms with E-state index in [1.807, 2.05) is 36.6 Å². The Morgan fingerprint density at radius 2 is 2.03 bits per heavy atom. The first-order valence-corrected chi connectivity index (χ1v) is 11.0. The molecule has 33 heavy (non-hydrogen) atoms. The number of rotatable bonds is 6. The lowest BCUT2D eigenvalue weighted by molar-refractivity contribution is 0.0527. The van der Waals surface area contributed by atoms with Crippen LogP contribution >= 0.6 is 35.6 Å². The molecule has 7 nitrogen and oxygen atoms in total. The van der Waals surface area contributed by atoms with E-state index in [9.17, 15) is 9.90 Å². The summed E-state index contributed by atoms with van der Waals surface area (Å²) < 4.78 is 7.39. The predicted octanol–water partition coefficient (Wildman–Crippen LogP) is 5.55. The highest BCUT2D eigenvalue weighted by Gasteiger charge is 2.29. The number of imidazole rings is 1. The number of nitrogens with one attached hydrogen (secondary N) is 1. The summed E-state index contributed by atoms with van der Waals surface area (Å²) in [5.74, 6) is -0.365. The van der Waals surface area contributed by atoms with Gasteiger partial charge in [-0.05, 0) is 45.6 Å². The molecule has 10 heteroatoms. The van der Waals surface area contributed by atoms with E-state index in [1.54, 1.807) is 19.1 Å². The minimum Gasteiger partial charge on any atom is -0.505 e. The fourth-order valence-electron chi connectivity index (χ4n) is 4.14. The zero-order chi connectivity index (χ0) is 23.2. The van der Waals surface area contributed by atoms with Crippen molar-refractivity contribution in [2.45, 2.75) is 26.9 Å². The van der Waals surface area contributed by atoms with Crippen LogP contribution in [-0.4, -0.2) is 51.2 Å². The van der Waals surface area contributed by atoms with Crippen LogP contribution in [0.4, 0.5) is 0 Å². The molecule has 0 aliphatic carbocycles. The molecule has 0 unspecified atom stereocenters. The van der Waals surface area contributed by atoms with Crippen molar-refractivity contribution >= 4 is 63.5 Å². The highest BCUT2D eigenvalue weighted by atomic mass is 35.5. The topological polar surface area (TPSA) is 83.4 Å². The molecule has 4 rings (SSSR count). The Bertz CT molecular complexity index is 1340. The lowest BCUT2D eigenvalue weighted by Crippen LogP contribution is -2.12. The van der Waals surface area contributed by atoms with Crippen molar-refractivity contribution in [1.82, 2.24) is 19.4 Å². The largest absolute Gasteiger partial charge is 0.505 e. The first-order valence-electron chi connectivity index (χ1n) is 10.2. The Morgan fingerprint density at radius 3 is 2.67 bits per heavy atom. The van der Waals surface area contributed by atoms with Crippen LogP contribution in [0.2, 0.25) is 10.0 Å². The Hall–Kier alpha value is -2.45. The van der Waals surface area contributed by atoms with Crippen molar-refractivity contribution in [1.29, 1.82) is 0 Å². The van der Waals surface area contributed by atoms with Crippen LogP contribution < -0.4 is 0 Å². The smallest absolute Gasteiger partial charge is 0.340 e. The van der Waals surface area contributed by atoms with Gasteiger partial charge in [-0.2, -0.15) is 0 Å². The first-order chi connectivity index (χ1) is 15.2. The van der Waals surface area contributed by atoms with Crippen LogP contribution in [0.15, 0.2) is 24.5 Å². The number of phenols is 1. The third kappa shape index (κ3) is 4.38. The Kier molecular flexibility index (Phi) is 7.49. The van der Waals surface area contributed by atoms with Gasteiger partial charge in [-0.1, -0.05) is 29.3 Å². The number of nitrogens with zero attached hydrogens (tertiary/aromatic N) is 3. The number of aromatic amines is 1. The van der Waals surface area contributed by atoms with Gasteiger partial charge in [0.25, 0.3) is 0 Å². The van der Waals surface area contributed by atoms with E-state index in [0.29, 0.717) is 56.4 Å². The number of ether oxygens (including phenoxy) is 1. The fraction of sp³-hybridized carbons (Fsp3) is 0.304. The van der Waals surface area contributed by atoms with E-state index in [1.165, 1.54) is 6.33 Å². The Morgan fingerprint density at radius 1 is 1.30 bits per heavy atom. The number of hydrogen-bond acceptors (Lipinski definition) is 5. The standard InChI is InChI=1S/C23H24Cl2N4O3.ClH/c1-5-32-23(31)17-12(2)29(9-13-6-7-14(24)8-16(13)25)21-18(17)15(10-28(3)4)22(30)20-19(21)26-11-27-20;/h6-8,11,30H,5,9-10H2,1-4H3,(H,26,27);1H. The number of fused-ring (bicyclic) bond motifs is 3. The third-order valence-corrected chi connectivity index (χ3v) is 6.10. The van der Waals surface area contributed by atoms with Gasteiger partial charge in [-0.3, -0.25) is 0 Å². The summed E-state index contributed by atoms with van der Waals surface area (Å²) in [7, 11) is 3.81. The van der Waals surface area contributed by atoms with Crippen LogP contribution in [-0.2, 0) is 17.8 Å². The zero-order valence-electron chi connectivity index (χ0n) is 18.7. The molecule has 0 atom stereocenters. The third-order valence-electron chi connectivity index (χ3n) is 5.51.